The second kappa shape index (κ2) is 5.10. The molecule has 1 aliphatic carbocycles. The topological polar surface area (TPSA) is 0 Å². The van der Waals surface area contributed by atoms with E-state index in [2.05, 4.69) is 48.5 Å². The van der Waals surface area contributed by atoms with E-state index in [1.807, 2.05) is 0 Å². The first-order valence-electron chi connectivity index (χ1n) is 7.29. The lowest BCUT2D eigenvalue weighted by Gasteiger charge is -2.34. The predicted molar refractivity (Wildman–Crippen MR) is 73.5 cm³/mol. The van der Waals surface area contributed by atoms with Crippen molar-refractivity contribution in [3.8, 4) is 0 Å². The minimum Gasteiger partial charge on any atom is -0.0649 e. The van der Waals surface area contributed by atoms with Crippen LogP contribution in [0.2, 0.25) is 0 Å². The van der Waals surface area contributed by atoms with Crippen molar-refractivity contribution >= 4 is 0 Å². The Labute approximate surface area is 103 Å². The lowest BCUT2D eigenvalue weighted by atomic mass is 9.71. The second-order valence-electron chi connectivity index (χ2n) is 7.29. The average Bonchev–Trinajstić information content (AvgIpc) is 2.46. The molecule has 0 aromatic heterocycles. The molecule has 0 aromatic rings. The van der Waals surface area contributed by atoms with Crippen LogP contribution in [0.3, 0.4) is 0 Å². The third-order valence-electron chi connectivity index (χ3n) is 5.45. The summed E-state index contributed by atoms with van der Waals surface area (Å²) in [6.45, 7) is 17.0. The molecular formula is C16H32. The highest BCUT2D eigenvalue weighted by Gasteiger charge is 2.43. The van der Waals surface area contributed by atoms with Gasteiger partial charge in [-0.1, -0.05) is 54.9 Å². The first-order valence-corrected chi connectivity index (χ1v) is 7.29. The Hall–Kier alpha value is 0. The van der Waals surface area contributed by atoms with Gasteiger partial charge >= 0.3 is 0 Å². The normalized spacial score (nSPS) is 36.0. The van der Waals surface area contributed by atoms with E-state index >= 15 is 0 Å². The maximum atomic E-state index is 2.49. The van der Waals surface area contributed by atoms with Crippen LogP contribution in [0.15, 0.2) is 0 Å². The van der Waals surface area contributed by atoms with E-state index in [9.17, 15) is 0 Å². The highest BCUT2D eigenvalue weighted by atomic mass is 14.5. The molecular weight excluding hydrogens is 192 g/mol. The largest absolute Gasteiger partial charge is 0.0649 e. The third-order valence-corrected chi connectivity index (χ3v) is 5.45. The van der Waals surface area contributed by atoms with Crippen molar-refractivity contribution in [3.63, 3.8) is 0 Å². The highest BCUT2D eigenvalue weighted by molar-refractivity contribution is 4.93. The fourth-order valence-electron chi connectivity index (χ4n) is 3.76. The number of hydrogen-bond acceptors (Lipinski definition) is 0. The molecule has 0 aliphatic heterocycles. The van der Waals surface area contributed by atoms with E-state index in [1.165, 1.54) is 19.3 Å². The van der Waals surface area contributed by atoms with Crippen molar-refractivity contribution in [2.45, 2.75) is 67.7 Å². The summed E-state index contributed by atoms with van der Waals surface area (Å²) in [6.07, 6.45) is 4.23. The predicted octanol–water partition coefficient (Wildman–Crippen LogP) is 5.38. The van der Waals surface area contributed by atoms with Crippen LogP contribution in [-0.4, -0.2) is 0 Å². The zero-order valence-corrected chi connectivity index (χ0v) is 12.5. The molecule has 16 heavy (non-hydrogen) atoms. The monoisotopic (exact) mass is 224 g/mol. The maximum Gasteiger partial charge on any atom is -0.0326 e. The lowest BCUT2D eigenvalue weighted by Crippen LogP contribution is -2.26. The van der Waals surface area contributed by atoms with Crippen molar-refractivity contribution in [2.75, 3.05) is 0 Å². The van der Waals surface area contributed by atoms with Gasteiger partial charge in [-0.3, -0.25) is 0 Å². The average molecular weight is 224 g/mol. The van der Waals surface area contributed by atoms with Crippen LogP contribution in [0.1, 0.15) is 67.7 Å². The van der Waals surface area contributed by atoms with Crippen molar-refractivity contribution in [1.82, 2.24) is 0 Å². The molecule has 0 saturated heterocycles. The van der Waals surface area contributed by atoms with Crippen molar-refractivity contribution in [1.29, 1.82) is 0 Å². The zero-order chi connectivity index (χ0) is 12.5. The molecule has 0 amide bonds. The molecule has 0 radical (unpaired) electrons. The summed E-state index contributed by atoms with van der Waals surface area (Å²) in [7, 11) is 0. The van der Waals surface area contributed by atoms with Gasteiger partial charge in [0.25, 0.3) is 0 Å². The molecule has 0 heterocycles. The molecule has 1 saturated carbocycles. The van der Waals surface area contributed by atoms with Crippen molar-refractivity contribution < 1.29 is 0 Å². The molecule has 4 atom stereocenters. The summed E-state index contributed by atoms with van der Waals surface area (Å²) in [6, 6.07) is 0. The van der Waals surface area contributed by atoms with Crippen LogP contribution in [0.5, 0.6) is 0 Å². The molecule has 0 N–H and O–H groups in total. The van der Waals surface area contributed by atoms with Crippen molar-refractivity contribution in [3.05, 3.63) is 0 Å². The molecule has 0 nitrogen and oxygen atoms in total. The van der Waals surface area contributed by atoms with Crippen LogP contribution in [0.25, 0.3) is 0 Å². The summed E-state index contributed by atoms with van der Waals surface area (Å²) < 4.78 is 0. The highest BCUT2D eigenvalue weighted by Crippen LogP contribution is 2.52. The first-order chi connectivity index (χ1) is 7.29. The minimum absolute atomic E-state index is 0.541. The second-order valence-corrected chi connectivity index (χ2v) is 7.29. The van der Waals surface area contributed by atoms with E-state index in [0.29, 0.717) is 5.41 Å². The lowest BCUT2D eigenvalue weighted by molar-refractivity contribution is 0.153. The van der Waals surface area contributed by atoms with E-state index < -0.39 is 0 Å². The molecule has 0 spiro atoms. The van der Waals surface area contributed by atoms with Crippen molar-refractivity contribution in [2.24, 2.45) is 35.0 Å². The minimum atomic E-state index is 0.541. The molecule has 1 aliphatic rings. The summed E-state index contributed by atoms with van der Waals surface area (Å²) in [5, 5.41) is 0. The summed E-state index contributed by atoms with van der Waals surface area (Å²) in [5.74, 6) is 4.63. The number of hydrogen-bond donors (Lipinski definition) is 0. The zero-order valence-electron chi connectivity index (χ0n) is 12.5. The summed E-state index contributed by atoms with van der Waals surface area (Å²) >= 11 is 0. The fraction of sp³-hybridized carbons (Fsp3) is 1.00. The number of rotatable bonds is 4. The molecule has 0 aromatic carbocycles. The Bertz CT molecular complexity index is 214. The van der Waals surface area contributed by atoms with Crippen LogP contribution in [0.4, 0.5) is 0 Å². The van der Waals surface area contributed by atoms with E-state index in [-0.39, 0.29) is 0 Å². The van der Waals surface area contributed by atoms with E-state index in [1.54, 1.807) is 0 Å². The summed E-state index contributed by atoms with van der Waals surface area (Å²) in [5.41, 5.74) is 0.541. The van der Waals surface area contributed by atoms with Gasteiger partial charge in [0.05, 0.1) is 0 Å². The standard InChI is InChI=1S/C16H32/c1-8-16(6,7)15-10-14(9-11(2)3)12(4)13(15)5/h11-15H,8-10H2,1-7H3/t12-,13-,14?,15?/m1/s1. The summed E-state index contributed by atoms with van der Waals surface area (Å²) in [4.78, 5) is 0. The van der Waals surface area contributed by atoms with E-state index in [4.69, 9.17) is 0 Å². The Balaban J connectivity index is 2.71. The van der Waals surface area contributed by atoms with E-state index in [0.717, 1.165) is 29.6 Å². The molecule has 0 bridgehead atoms. The molecule has 0 heteroatoms. The first kappa shape index (κ1) is 14.1. The molecule has 2 unspecified atom stereocenters. The van der Waals surface area contributed by atoms with Gasteiger partial charge in [0.2, 0.25) is 0 Å². The van der Waals surface area contributed by atoms with Gasteiger partial charge in [0.1, 0.15) is 0 Å². The smallest absolute Gasteiger partial charge is 0.0326 e. The quantitative estimate of drug-likeness (QED) is 0.601. The van der Waals surface area contributed by atoms with Crippen LogP contribution in [0, 0.1) is 35.0 Å². The van der Waals surface area contributed by atoms with Gasteiger partial charge in [0, 0.05) is 0 Å². The van der Waals surface area contributed by atoms with Gasteiger partial charge in [-0.25, -0.2) is 0 Å². The van der Waals surface area contributed by atoms with Crippen LogP contribution in [-0.2, 0) is 0 Å². The van der Waals surface area contributed by atoms with Crippen LogP contribution < -0.4 is 0 Å². The Morgan fingerprint density at radius 2 is 1.69 bits per heavy atom. The SMILES string of the molecule is CCC(C)(C)C1CC(CC(C)C)[C@H](C)[C@H]1C. The van der Waals surface area contributed by atoms with Gasteiger partial charge in [-0.05, 0) is 47.8 Å². The molecule has 1 rings (SSSR count). The molecule has 96 valence electrons. The molecule has 1 fully saturated rings. The Kier molecular flexibility index (Phi) is 4.49. The van der Waals surface area contributed by atoms with Gasteiger partial charge in [0.15, 0.2) is 0 Å². The van der Waals surface area contributed by atoms with Crippen LogP contribution >= 0.6 is 0 Å². The van der Waals surface area contributed by atoms with Gasteiger partial charge in [-0.2, -0.15) is 0 Å². The van der Waals surface area contributed by atoms with Gasteiger partial charge < -0.3 is 0 Å². The third kappa shape index (κ3) is 2.81. The maximum absolute atomic E-state index is 2.49. The fourth-order valence-corrected chi connectivity index (χ4v) is 3.76. The Morgan fingerprint density at radius 3 is 2.12 bits per heavy atom. The Morgan fingerprint density at radius 1 is 1.12 bits per heavy atom. The van der Waals surface area contributed by atoms with Gasteiger partial charge in [-0.15, -0.1) is 0 Å².